The quantitative estimate of drug-likeness (QED) is 0.244. The maximum atomic E-state index is 12.3. The molecule has 0 bridgehead atoms. The lowest BCUT2D eigenvalue weighted by Crippen LogP contribution is -2.49. The molecule has 0 radical (unpaired) electrons. The molecule has 2 N–H and O–H groups in total. The fourth-order valence-electron chi connectivity index (χ4n) is 3.72. The first-order valence-electron chi connectivity index (χ1n) is 10.5. The van der Waals surface area contributed by atoms with Crippen molar-refractivity contribution in [3.05, 3.63) is 48.5 Å². The largest absolute Gasteiger partial charge is 0.497 e. The van der Waals surface area contributed by atoms with E-state index in [2.05, 4.69) is 38.9 Å². The van der Waals surface area contributed by atoms with Crippen LogP contribution in [0.15, 0.2) is 48.0 Å². The van der Waals surface area contributed by atoms with Crippen molar-refractivity contribution in [2.45, 2.75) is 26.3 Å². The zero-order valence-electron chi connectivity index (χ0n) is 18.5. The molecule has 1 amide bonds. The number of piperidine rings is 1. The molecule has 1 saturated heterocycles. The number of aromatic nitrogens is 2. The minimum Gasteiger partial charge on any atom is -0.497 e. The van der Waals surface area contributed by atoms with E-state index in [1.165, 1.54) is 0 Å². The topological polar surface area (TPSA) is 83.8 Å². The minimum absolute atomic E-state index is 0. The lowest BCUT2D eigenvalue weighted by atomic mass is 9.93. The monoisotopic (exact) mass is 540 g/mol. The molecule has 8 nitrogen and oxygen atoms in total. The molecule has 31 heavy (non-hydrogen) atoms. The van der Waals surface area contributed by atoms with Crippen LogP contribution in [0.2, 0.25) is 0 Å². The van der Waals surface area contributed by atoms with E-state index >= 15 is 0 Å². The molecule has 2 heterocycles. The van der Waals surface area contributed by atoms with E-state index in [-0.39, 0.29) is 29.9 Å². The Morgan fingerprint density at radius 2 is 2.19 bits per heavy atom. The Kier molecular flexibility index (Phi) is 10.1. The first-order valence-corrected chi connectivity index (χ1v) is 10.5. The van der Waals surface area contributed by atoms with Crippen molar-refractivity contribution < 1.29 is 9.53 Å². The maximum absolute atomic E-state index is 12.3. The van der Waals surface area contributed by atoms with Gasteiger partial charge in [0.2, 0.25) is 0 Å². The van der Waals surface area contributed by atoms with Crippen molar-refractivity contribution in [3.63, 3.8) is 0 Å². The number of ether oxygens (including phenoxy) is 1. The normalized spacial score (nSPS) is 18.8. The van der Waals surface area contributed by atoms with Crippen LogP contribution in [-0.4, -0.2) is 66.2 Å². The summed E-state index contributed by atoms with van der Waals surface area (Å²) in [7, 11) is 1.59. The lowest BCUT2D eigenvalue weighted by molar-refractivity contribution is 0.0954. The molecule has 2 unspecified atom stereocenters. The van der Waals surface area contributed by atoms with Gasteiger partial charge in [-0.15, -0.1) is 24.0 Å². The van der Waals surface area contributed by atoms with Crippen molar-refractivity contribution >= 4 is 35.8 Å². The molecule has 1 aliphatic heterocycles. The number of rotatable bonds is 7. The molecule has 1 fully saturated rings. The molecule has 0 aliphatic carbocycles. The van der Waals surface area contributed by atoms with Crippen LogP contribution in [0.25, 0.3) is 0 Å². The maximum Gasteiger partial charge on any atom is 0.251 e. The van der Waals surface area contributed by atoms with E-state index in [4.69, 9.17) is 9.73 Å². The SMILES string of the molecule is CCNC(=NCCNC(=O)c1cccc(OC)c1)N1CCC(C)C(n2ccnc2)C1.I. The van der Waals surface area contributed by atoms with Crippen LogP contribution in [-0.2, 0) is 0 Å². The smallest absolute Gasteiger partial charge is 0.251 e. The van der Waals surface area contributed by atoms with E-state index in [1.807, 2.05) is 30.9 Å². The number of halogens is 1. The first kappa shape index (κ1) is 25.0. The second-order valence-corrected chi connectivity index (χ2v) is 7.51. The fourth-order valence-corrected chi connectivity index (χ4v) is 3.72. The van der Waals surface area contributed by atoms with Crippen molar-refractivity contribution in [2.24, 2.45) is 10.9 Å². The molecule has 1 aromatic carbocycles. The number of benzene rings is 1. The fraction of sp³-hybridized carbons (Fsp3) is 0.500. The van der Waals surface area contributed by atoms with E-state index in [9.17, 15) is 4.79 Å². The zero-order valence-corrected chi connectivity index (χ0v) is 20.8. The van der Waals surface area contributed by atoms with Gasteiger partial charge in [-0.2, -0.15) is 0 Å². The van der Waals surface area contributed by atoms with Gasteiger partial charge in [0.15, 0.2) is 5.96 Å². The summed E-state index contributed by atoms with van der Waals surface area (Å²) >= 11 is 0. The number of nitrogens with one attached hydrogen (secondary N) is 2. The van der Waals surface area contributed by atoms with E-state index in [0.29, 0.717) is 36.4 Å². The average molecular weight is 540 g/mol. The Morgan fingerprint density at radius 3 is 2.90 bits per heavy atom. The van der Waals surface area contributed by atoms with E-state index < -0.39 is 0 Å². The summed E-state index contributed by atoms with van der Waals surface area (Å²) in [5, 5.41) is 6.32. The number of hydrogen-bond acceptors (Lipinski definition) is 4. The third-order valence-electron chi connectivity index (χ3n) is 5.45. The predicted octanol–water partition coefficient (Wildman–Crippen LogP) is 2.79. The van der Waals surface area contributed by atoms with Gasteiger partial charge in [0, 0.05) is 44.1 Å². The van der Waals surface area contributed by atoms with Gasteiger partial charge in [-0.1, -0.05) is 13.0 Å². The predicted molar refractivity (Wildman–Crippen MR) is 133 cm³/mol. The van der Waals surface area contributed by atoms with Gasteiger partial charge in [0.25, 0.3) is 5.91 Å². The summed E-state index contributed by atoms with van der Waals surface area (Å²) in [6.45, 7) is 8.00. The molecule has 9 heteroatoms. The standard InChI is InChI=1S/C22H32N6O2.HI/c1-4-24-22(27-12-8-17(2)20(15-27)28-13-11-23-16-28)26-10-9-25-21(29)18-6-5-7-19(14-18)30-3;/h5-7,11,13-14,16-17,20H,4,8-10,12,15H2,1-3H3,(H,24,26)(H,25,29);1H. The van der Waals surface area contributed by atoms with Crippen LogP contribution >= 0.6 is 24.0 Å². The van der Waals surface area contributed by atoms with Crippen LogP contribution < -0.4 is 15.4 Å². The number of amides is 1. The van der Waals surface area contributed by atoms with Crippen molar-refractivity contribution in [3.8, 4) is 5.75 Å². The van der Waals surface area contributed by atoms with Gasteiger partial charge >= 0.3 is 0 Å². The van der Waals surface area contributed by atoms with Crippen LogP contribution in [0.1, 0.15) is 36.7 Å². The molecule has 0 spiro atoms. The highest BCUT2D eigenvalue weighted by molar-refractivity contribution is 14.0. The Balaban J connectivity index is 0.00000341. The first-order chi connectivity index (χ1) is 14.6. The summed E-state index contributed by atoms with van der Waals surface area (Å²) in [6, 6.07) is 7.51. The number of hydrogen-bond donors (Lipinski definition) is 2. The highest BCUT2D eigenvalue weighted by atomic mass is 127. The molecule has 2 atom stereocenters. The second-order valence-electron chi connectivity index (χ2n) is 7.51. The van der Waals surface area contributed by atoms with Gasteiger partial charge in [0.05, 0.1) is 26.0 Å². The Bertz CT molecular complexity index is 842. The number of methoxy groups -OCH3 is 1. The number of nitrogens with zero attached hydrogens (tertiary/aromatic N) is 4. The zero-order chi connectivity index (χ0) is 21.3. The van der Waals surface area contributed by atoms with Gasteiger partial charge in [-0.25, -0.2) is 4.98 Å². The van der Waals surface area contributed by atoms with Crippen LogP contribution in [0, 0.1) is 5.92 Å². The Morgan fingerprint density at radius 1 is 1.35 bits per heavy atom. The van der Waals surface area contributed by atoms with Crippen molar-refractivity contribution in [1.82, 2.24) is 25.1 Å². The molecular weight excluding hydrogens is 507 g/mol. The molecular formula is C22H33IN6O2. The summed E-state index contributed by atoms with van der Waals surface area (Å²) < 4.78 is 7.37. The Labute approximate surface area is 201 Å². The Hall–Kier alpha value is -2.30. The molecule has 1 aliphatic rings. The summed E-state index contributed by atoms with van der Waals surface area (Å²) in [5.41, 5.74) is 0.582. The van der Waals surface area contributed by atoms with Gasteiger partial charge in [-0.05, 0) is 37.5 Å². The number of likely N-dealkylation sites (tertiary alicyclic amines) is 1. The highest BCUT2D eigenvalue weighted by Gasteiger charge is 2.28. The molecule has 2 aromatic rings. The highest BCUT2D eigenvalue weighted by Crippen LogP contribution is 2.27. The van der Waals surface area contributed by atoms with Gasteiger partial charge < -0.3 is 24.8 Å². The average Bonchev–Trinajstić information content (AvgIpc) is 3.31. The molecule has 170 valence electrons. The third-order valence-corrected chi connectivity index (χ3v) is 5.45. The van der Waals surface area contributed by atoms with Crippen LogP contribution in [0.4, 0.5) is 0 Å². The van der Waals surface area contributed by atoms with Gasteiger partial charge in [-0.3, -0.25) is 9.79 Å². The minimum atomic E-state index is -0.124. The second kappa shape index (κ2) is 12.5. The van der Waals surface area contributed by atoms with Crippen molar-refractivity contribution in [1.29, 1.82) is 0 Å². The van der Waals surface area contributed by atoms with Crippen molar-refractivity contribution in [2.75, 3.05) is 39.8 Å². The number of guanidine groups is 1. The third kappa shape index (κ3) is 6.84. The lowest BCUT2D eigenvalue weighted by Gasteiger charge is -2.39. The summed E-state index contributed by atoms with van der Waals surface area (Å²) in [6.07, 6.45) is 6.85. The summed E-state index contributed by atoms with van der Waals surface area (Å²) in [4.78, 5) is 23.6. The molecule has 0 saturated carbocycles. The van der Waals surface area contributed by atoms with Crippen LogP contribution in [0.3, 0.4) is 0 Å². The summed E-state index contributed by atoms with van der Waals surface area (Å²) in [5.74, 6) is 2.02. The van der Waals surface area contributed by atoms with E-state index in [0.717, 1.165) is 32.0 Å². The number of aliphatic imine (C=N–C) groups is 1. The molecule has 1 aromatic heterocycles. The van der Waals surface area contributed by atoms with Crippen LogP contribution in [0.5, 0.6) is 5.75 Å². The van der Waals surface area contributed by atoms with E-state index in [1.54, 1.807) is 19.2 Å². The molecule has 3 rings (SSSR count). The number of carbonyl (C=O) groups is 1. The number of imidazole rings is 1. The number of carbonyl (C=O) groups excluding carboxylic acids is 1. The van der Waals surface area contributed by atoms with Gasteiger partial charge in [0.1, 0.15) is 5.75 Å².